The van der Waals surface area contributed by atoms with Crippen LogP contribution in [0.4, 0.5) is 5.69 Å². The second-order valence-corrected chi connectivity index (χ2v) is 7.66. The summed E-state index contributed by atoms with van der Waals surface area (Å²) in [6.45, 7) is 0. The van der Waals surface area contributed by atoms with E-state index in [4.69, 9.17) is 4.99 Å². The average molecular weight is 384 g/mol. The summed E-state index contributed by atoms with van der Waals surface area (Å²) in [6, 6.07) is 40.7. The number of aliphatic imine (C=N–C) groups is 1. The molecule has 1 aromatic heterocycles. The van der Waals surface area contributed by atoms with Crippen molar-refractivity contribution in [1.82, 2.24) is 4.57 Å². The van der Waals surface area contributed by atoms with E-state index in [1.165, 1.54) is 22.2 Å². The molecule has 1 aliphatic rings. The Kier molecular flexibility index (Phi) is 3.88. The molecule has 0 fully saturated rings. The van der Waals surface area contributed by atoms with E-state index in [2.05, 4.69) is 120 Å². The Morgan fingerprint density at radius 1 is 0.633 bits per heavy atom. The molecule has 30 heavy (non-hydrogen) atoms. The fraction of sp³-hybridized carbons (Fsp3) is 0.0357. The zero-order chi connectivity index (χ0) is 19.9. The number of rotatable bonds is 2. The smallest absolute Gasteiger partial charge is 0.0874 e. The Hall–Kier alpha value is -3.91. The Morgan fingerprint density at radius 2 is 1.30 bits per heavy atom. The average Bonchev–Trinajstić information content (AvgIpc) is 3.12. The zero-order valence-corrected chi connectivity index (χ0v) is 16.4. The fourth-order valence-corrected chi connectivity index (χ4v) is 4.55. The zero-order valence-electron chi connectivity index (χ0n) is 16.4. The number of hydrogen-bond donors (Lipinski definition) is 0. The highest BCUT2D eigenvalue weighted by Crippen LogP contribution is 2.41. The van der Waals surface area contributed by atoms with Crippen LogP contribution in [0, 0.1) is 0 Å². The number of fused-ring (bicyclic) bond motifs is 5. The van der Waals surface area contributed by atoms with Gasteiger partial charge in [0.05, 0.1) is 28.5 Å². The summed E-state index contributed by atoms with van der Waals surface area (Å²) in [5.74, 6) is 0.0356. The maximum absolute atomic E-state index is 5.26. The highest BCUT2D eigenvalue weighted by Gasteiger charge is 2.30. The number of hydrogen-bond acceptors (Lipinski definition) is 1. The monoisotopic (exact) mass is 384 g/mol. The van der Waals surface area contributed by atoms with Crippen molar-refractivity contribution in [3.05, 3.63) is 132 Å². The lowest BCUT2D eigenvalue weighted by Gasteiger charge is -2.20. The first-order valence-corrected chi connectivity index (χ1v) is 10.3. The molecule has 5 aromatic rings. The van der Waals surface area contributed by atoms with Crippen LogP contribution in [0.15, 0.2) is 120 Å². The highest BCUT2D eigenvalue weighted by atomic mass is 15.0. The first-order chi connectivity index (χ1) is 14.9. The predicted octanol–water partition coefficient (Wildman–Crippen LogP) is 6.90. The van der Waals surface area contributed by atoms with Crippen molar-refractivity contribution >= 4 is 22.3 Å². The topological polar surface area (TPSA) is 17.3 Å². The number of benzene rings is 4. The van der Waals surface area contributed by atoms with E-state index in [1.807, 2.05) is 0 Å². The molecule has 1 unspecified atom stereocenters. The molecule has 0 radical (unpaired) electrons. The van der Waals surface area contributed by atoms with Gasteiger partial charge in [-0.3, -0.25) is 0 Å². The number of para-hydroxylation sites is 3. The number of aromatic nitrogens is 1. The van der Waals surface area contributed by atoms with Gasteiger partial charge in [-0.25, -0.2) is 4.99 Å². The minimum Gasteiger partial charge on any atom is -0.310 e. The fourth-order valence-electron chi connectivity index (χ4n) is 4.55. The lowest BCUT2D eigenvalue weighted by molar-refractivity contribution is 0.947. The molecule has 2 heteroatoms. The summed E-state index contributed by atoms with van der Waals surface area (Å²) in [5, 5.41) is 1.25. The Bertz CT molecular complexity index is 1380. The highest BCUT2D eigenvalue weighted by molar-refractivity contribution is 6.10. The van der Waals surface area contributed by atoms with Crippen molar-refractivity contribution in [3.8, 4) is 5.69 Å². The molecule has 0 N–H and O–H groups in total. The van der Waals surface area contributed by atoms with Gasteiger partial charge >= 0.3 is 0 Å². The standard InChI is InChI=1S/C28H20N2/c1-3-11-20(12-4-1)27-26-19-22-15-7-9-17-24(22)30(26)25-18-10-8-16-23(25)29-28(27)21-13-5-2-6-14-21/h1-19,27H. The lowest BCUT2D eigenvalue weighted by atomic mass is 9.87. The molecule has 0 saturated carbocycles. The van der Waals surface area contributed by atoms with Crippen LogP contribution in [0.1, 0.15) is 22.7 Å². The van der Waals surface area contributed by atoms with E-state index in [0.29, 0.717) is 0 Å². The molecule has 142 valence electrons. The second-order valence-electron chi connectivity index (χ2n) is 7.66. The van der Waals surface area contributed by atoms with Crippen molar-refractivity contribution in [2.45, 2.75) is 5.92 Å². The molecule has 6 rings (SSSR count). The molecule has 0 amide bonds. The predicted molar refractivity (Wildman–Crippen MR) is 124 cm³/mol. The van der Waals surface area contributed by atoms with E-state index in [9.17, 15) is 0 Å². The van der Waals surface area contributed by atoms with Gasteiger partial charge in [-0.1, -0.05) is 91.0 Å². The summed E-state index contributed by atoms with van der Waals surface area (Å²) in [6.07, 6.45) is 0. The van der Waals surface area contributed by atoms with E-state index in [0.717, 1.165) is 22.6 Å². The second kappa shape index (κ2) is 6.85. The molecule has 0 aliphatic carbocycles. The van der Waals surface area contributed by atoms with Gasteiger partial charge in [0.25, 0.3) is 0 Å². The van der Waals surface area contributed by atoms with Gasteiger partial charge in [0, 0.05) is 11.1 Å². The van der Waals surface area contributed by atoms with Gasteiger partial charge in [0.1, 0.15) is 0 Å². The van der Waals surface area contributed by atoms with E-state index in [-0.39, 0.29) is 5.92 Å². The summed E-state index contributed by atoms with van der Waals surface area (Å²) >= 11 is 0. The van der Waals surface area contributed by atoms with Crippen LogP contribution in [0.2, 0.25) is 0 Å². The van der Waals surface area contributed by atoms with Crippen LogP contribution < -0.4 is 0 Å². The largest absolute Gasteiger partial charge is 0.310 e. The Morgan fingerprint density at radius 3 is 2.13 bits per heavy atom. The SMILES string of the molecule is c1ccc(C2=Nc3ccccc3-n3c(cc4ccccc43)C2c2ccccc2)cc1. The molecule has 0 bridgehead atoms. The molecular weight excluding hydrogens is 364 g/mol. The molecule has 0 spiro atoms. The third-order valence-electron chi connectivity index (χ3n) is 5.87. The summed E-state index contributed by atoms with van der Waals surface area (Å²) in [4.78, 5) is 5.26. The summed E-state index contributed by atoms with van der Waals surface area (Å²) in [5.41, 5.74) is 8.06. The Labute approximate surface area is 175 Å². The normalized spacial score (nSPS) is 15.2. The van der Waals surface area contributed by atoms with Gasteiger partial charge in [0.15, 0.2) is 0 Å². The van der Waals surface area contributed by atoms with Gasteiger partial charge in [-0.15, -0.1) is 0 Å². The quantitative estimate of drug-likeness (QED) is 0.315. The molecular formula is C28H20N2. The maximum atomic E-state index is 5.26. The van der Waals surface area contributed by atoms with Crippen molar-refractivity contribution in [2.24, 2.45) is 4.99 Å². The van der Waals surface area contributed by atoms with Crippen molar-refractivity contribution in [2.75, 3.05) is 0 Å². The molecule has 2 heterocycles. The minimum absolute atomic E-state index is 0.0356. The third kappa shape index (κ3) is 2.61. The summed E-state index contributed by atoms with van der Waals surface area (Å²) < 4.78 is 2.39. The van der Waals surface area contributed by atoms with Crippen LogP contribution in [-0.4, -0.2) is 10.3 Å². The molecule has 1 atom stereocenters. The van der Waals surface area contributed by atoms with E-state index >= 15 is 0 Å². The summed E-state index contributed by atoms with van der Waals surface area (Å²) in [7, 11) is 0. The molecule has 1 aliphatic heterocycles. The maximum Gasteiger partial charge on any atom is 0.0874 e. The van der Waals surface area contributed by atoms with Crippen molar-refractivity contribution in [3.63, 3.8) is 0 Å². The van der Waals surface area contributed by atoms with Crippen LogP contribution in [0.25, 0.3) is 16.6 Å². The van der Waals surface area contributed by atoms with Crippen LogP contribution in [-0.2, 0) is 0 Å². The molecule has 0 saturated heterocycles. The van der Waals surface area contributed by atoms with Crippen molar-refractivity contribution < 1.29 is 0 Å². The van der Waals surface area contributed by atoms with Gasteiger partial charge < -0.3 is 4.57 Å². The van der Waals surface area contributed by atoms with Crippen LogP contribution in [0.5, 0.6) is 0 Å². The Balaban J connectivity index is 1.75. The van der Waals surface area contributed by atoms with Gasteiger partial charge in [0.2, 0.25) is 0 Å². The minimum atomic E-state index is 0.0356. The van der Waals surface area contributed by atoms with Crippen LogP contribution in [0.3, 0.4) is 0 Å². The molecule has 4 aromatic carbocycles. The number of nitrogens with zero attached hydrogens (tertiary/aromatic N) is 2. The van der Waals surface area contributed by atoms with E-state index in [1.54, 1.807) is 0 Å². The first-order valence-electron chi connectivity index (χ1n) is 10.3. The van der Waals surface area contributed by atoms with Gasteiger partial charge in [-0.05, 0) is 35.4 Å². The first kappa shape index (κ1) is 17.0. The lowest BCUT2D eigenvalue weighted by Crippen LogP contribution is -2.17. The van der Waals surface area contributed by atoms with Crippen molar-refractivity contribution in [1.29, 1.82) is 0 Å². The van der Waals surface area contributed by atoms with E-state index < -0.39 is 0 Å². The van der Waals surface area contributed by atoms with Gasteiger partial charge in [-0.2, -0.15) is 0 Å². The van der Waals surface area contributed by atoms with Crippen LogP contribution >= 0.6 is 0 Å². The third-order valence-corrected chi connectivity index (χ3v) is 5.87. The molecule has 2 nitrogen and oxygen atoms in total.